The third-order valence-corrected chi connectivity index (χ3v) is 3.89. The second-order valence-electron chi connectivity index (χ2n) is 5.47. The molecule has 114 valence electrons. The van der Waals surface area contributed by atoms with E-state index in [1.807, 2.05) is 0 Å². The summed E-state index contributed by atoms with van der Waals surface area (Å²) in [7, 11) is 0. The molecule has 1 aromatic rings. The van der Waals surface area contributed by atoms with E-state index < -0.39 is 0 Å². The Kier molecular flexibility index (Phi) is 9.16. The molecule has 0 saturated heterocycles. The van der Waals surface area contributed by atoms with Gasteiger partial charge in [0.05, 0.1) is 12.7 Å². The van der Waals surface area contributed by atoms with Crippen LogP contribution in [0.15, 0.2) is 28.7 Å². The number of hydrogen-bond donors (Lipinski definition) is 1. The van der Waals surface area contributed by atoms with Gasteiger partial charge in [-0.05, 0) is 43.0 Å². The molecule has 1 rings (SSSR count). The van der Waals surface area contributed by atoms with Crippen molar-refractivity contribution in [2.24, 2.45) is 5.92 Å². The van der Waals surface area contributed by atoms with Crippen molar-refractivity contribution in [3.8, 4) is 0 Å². The monoisotopic (exact) mass is 341 g/mol. The molecule has 0 fully saturated rings. The molecule has 0 saturated carbocycles. The summed E-state index contributed by atoms with van der Waals surface area (Å²) in [6.07, 6.45) is 3.75. The summed E-state index contributed by atoms with van der Waals surface area (Å²) in [4.78, 5) is 0. The maximum absolute atomic E-state index is 6.15. The van der Waals surface area contributed by atoms with Crippen LogP contribution in [0.3, 0.4) is 0 Å². The Labute approximate surface area is 132 Å². The normalized spacial score (nSPS) is 14.2. The molecule has 2 nitrogen and oxygen atoms in total. The maximum atomic E-state index is 6.15. The van der Waals surface area contributed by atoms with Gasteiger partial charge < -0.3 is 10.1 Å². The SMILES string of the molecule is CCCNCC(OCC(C)CCC)c1ccc(Br)cc1. The highest BCUT2D eigenvalue weighted by atomic mass is 79.9. The molecule has 0 amide bonds. The van der Waals surface area contributed by atoms with E-state index in [0.717, 1.165) is 30.6 Å². The van der Waals surface area contributed by atoms with E-state index in [2.05, 4.69) is 66.3 Å². The number of rotatable bonds is 10. The molecule has 1 aromatic carbocycles. The Morgan fingerprint density at radius 3 is 2.45 bits per heavy atom. The van der Waals surface area contributed by atoms with Crippen molar-refractivity contribution in [2.75, 3.05) is 19.7 Å². The van der Waals surface area contributed by atoms with Crippen molar-refractivity contribution in [1.82, 2.24) is 5.32 Å². The van der Waals surface area contributed by atoms with Crippen molar-refractivity contribution >= 4 is 15.9 Å². The Hall–Kier alpha value is -0.380. The molecule has 0 aliphatic heterocycles. The van der Waals surface area contributed by atoms with Crippen LogP contribution < -0.4 is 5.32 Å². The van der Waals surface area contributed by atoms with Crippen molar-refractivity contribution < 1.29 is 4.74 Å². The molecule has 2 unspecified atom stereocenters. The quantitative estimate of drug-likeness (QED) is 0.608. The molecule has 0 spiro atoms. The largest absolute Gasteiger partial charge is 0.372 e. The van der Waals surface area contributed by atoms with Gasteiger partial charge in [-0.2, -0.15) is 0 Å². The van der Waals surface area contributed by atoms with E-state index in [1.165, 1.54) is 18.4 Å². The first-order valence-electron chi connectivity index (χ1n) is 7.75. The molecular formula is C17H28BrNO. The van der Waals surface area contributed by atoms with Gasteiger partial charge in [-0.1, -0.05) is 55.3 Å². The molecule has 0 aromatic heterocycles. The minimum absolute atomic E-state index is 0.147. The van der Waals surface area contributed by atoms with Gasteiger partial charge in [-0.3, -0.25) is 0 Å². The van der Waals surface area contributed by atoms with Crippen molar-refractivity contribution in [3.63, 3.8) is 0 Å². The first kappa shape index (κ1) is 17.7. The number of halogens is 1. The minimum Gasteiger partial charge on any atom is -0.372 e. The maximum Gasteiger partial charge on any atom is 0.0949 e. The van der Waals surface area contributed by atoms with Crippen LogP contribution in [0.4, 0.5) is 0 Å². The zero-order chi connectivity index (χ0) is 14.8. The standard InChI is InChI=1S/C17H28BrNO/c1-4-6-14(3)13-20-17(12-19-11-5-2)15-7-9-16(18)10-8-15/h7-10,14,17,19H,4-6,11-13H2,1-3H3. The summed E-state index contributed by atoms with van der Waals surface area (Å²) in [5.41, 5.74) is 1.25. The van der Waals surface area contributed by atoms with Crippen molar-refractivity contribution in [2.45, 2.75) is 46.1 Å². The minimum atomic E-state index is 0.147. The first-order valence-corrected chi connectivity index (χ1v) is 8.54. The van der Waals surface area contributed by atoms with Crippen LogP contribution >= 0.6 is 15.9 Å². The fraction of sp³-hybridized carbons (Fsp3) is 0.647. The van der Waals surface area contributed by atoms with Gasteiger partial charge in [-0.15, -0.1) is 0 Å². The van der Waals surface area contributed by atoms with Crippen LogP contribution in [-0.2, 0) is 4.74 Å². The highest BCUT2D eigenvalue weighted by Gasteiger charge is 2.13. The molecule has 0 bridgehead atoms. The topological polar surface area (TPSA) is 21.3 Å². The highest BCUT2D eigenvalue weighted by Crippen LogP contribution is 2.21. The van der Waals surface area contributed by atoms with Gasteiger partial charge in [0.15, 0.2) is 0 Å². The molecule has 3 heteroatoms. The average molecular weight is 342 g/mol. The van der Waals surface area contributed by atoms with Gasteiger partial charge in [0.2, 0.25) is 0 Å². The summed E-state index contributed by atoms with van der Waals surface area (Å²) in [5.74, 6) is 0.629. The molecule has 20 heavy (non-hydrogen) atoms. The smallest absolute Gasteiger partial charge is 0.0949 e. The van der Waals surface area contributed by atoms with Crippen molar-refractivity contribution in [1.29, 1.82) is 0 Å². The lowest BCUT2D eigenvalue weighted by molar-refractivity contribution is 0.0300. The molecule has 0 aliphatic carbocycles. The zero-order valence-electron chi connectivity index (χ0n) is 13.0. The van der Waals surface area contributed by atoms with Gasteiger partial charge in [0.25, 0.3) is 0 Å². The summed E-state index contributed by atoms with van der Waals surface area (Å²) < 4.78 is 7.26. The van der Waals surface area contributed by atoms with Crippen LogP contribution in [0.1, 0.15) is 51.7 Å². The molecular weight excluding hydrogens is 314 g/mol. The van der Waals surface area contributed by atoms with E-state index >= 15 is 0 Å². The summed E-state index contributed by atoms with van der Waals surface area (Å²) in [6, 6.07) is 8.46. The summed E-state index contributed by atoms with van der Waals surface area (Å²) in [5, 5.41) is 3.47. The van der Waals surface area contributed by atoms with Gasteiger partial charge >= 0.3 is 0 Å². The Morgan fingerprint density at radius 2 is 1.85 bits per heavy atom. The van der Waals surface area contributed by atoms with E-state index in [4.69, 9.17) is 4.74 Å². The molecule has 0 radical (unpaired) electrons. The van der Waals surface area contributed by atoms with E-state index in [9.17, 15) is 0 Å². The van der Waals surface area contributed by atoms with E-state index in [-0.39, 0.29) is 6.10 Å². The molecule has 1 N–H and O–H groups in total. The van der Waals surface area contributed by atoms with E-state index in [1.54, 1.807) is 0 Å². The van der Waals surface area contributed by atoms with Gasteiger partial charge in [-0.25, -0.2) is 0 Å². The second kappa shape index (κ2) is 10.4. The first-order chi connectivity index (χ1) is 9.67. The number of nitrogens with one attached hydrogen (secondary N) is 1. The predicted octanol–water partition coefficient (Wildman–Crippen LogP) is 4.94. The van der Waals surface area contributed by atoms with Crippen molar-refractivity contribution in [3.05, 3.63) is 34.3 Å². The third kappa shape index (κ3) is 6.87. The summed E-state index contributed by atoms with van der Waals surface area (Å²) in [6.45, 7) is 9.44. The lowest BCUT2D eigenvalue weighted by Crippen LogP contribution is -2.25. The predicted molar refractivity (Wildman–Crippen MR) is 90.1 cm³/mol. The molecule has 0 aliphatic rings. The lowest BCUT2D eigenvalue weighted by Gasteiger charge is -2.21. The second-order valence-corrected chi connectivity index (χ2v) is 6.39. The number of ether oxygens (including phenoxy) is 1. The van der Waals surface area contributed by atoms with Crippen LogP contribution in [0.25, 0.3) is 0 Å². The van der Waals surface area contributed by atoms with Crippen LogP contribution in [0, 0.1) is 5.92 Å². The van der Waals surface area contributed by atoms with Crippen LogP contribution in [0.2, 0.25) is 0 Å². The Balaban J connectivity index is 2.57. The Bertz CT molecular complexity index is 353. The van der Waals surface area contributed by atoms with E-state index in [0.29, 0.717) is 5.92 Å². The van der Waals surface area contributed by atoms with Gasteiger partial charge in [0.1, 0.15) is 0 Å². The molecule has 2 atom stereocenters. The van der Waals surface area contributed by atoms with Gasteiger partial charge in [0, 0.05) is 11.0 Å². The molecule has 0 heterocycles. The Morgan fingerprint density at radius 1 is 1.15 bits per heavy atom. The van der Waals surface area contributed by atoms with Crippen LogP contribution in [0.5, 0.6) is 0 Å². The summed E-state index contributed by atoms with van der Waals surface area (Å²) >= 11 is 3.48. The van der Waals surface area contributed by atoms with Crippen LogP contribution in [-0.4, -0.2) is 19.7 Å². The average Bonchev–Trinajstić information content (AvgIpc) is 2.44. The highest BCUT2D eigenvalue weighted by molar-refractivity contribution is 9.10. The fourth-order valence-corrected chi connectivity index (χ4v) is 2.48. The lowest BCUT2D eigenvalue weighted by atomic mass is 10.1. The fourth-order valence-electron chi connectivity index (χ4n) is 2.22. The number of benzene rings is 1. The zero-order valence-corrected chi connectivity index (χ0v) is 14.6. The number of hydrogen-bond acceptors (Lipinski definition) is 2. The third-order valence-electron chi connectivity index (χ3n) is 3.36.